The molecule has 3 nitrogen and oxygen atoms in total. The van der Waals surface area contributed by atoms with Gasteiger partial charge in [-0.2, -0.15) is 0 Å². The molecule has 0 bridgehead atoms. The average molecular weight is 704 g/mol. The molecule has 0 atom stereocenters. The Morgan fingerprint density at radius 2 is 0.863 bits per heavy atom. The van der Waals surface area contributed by atoms with Crippen molar-refractivity contribution in [3.8, 4) is 45.3 Å². The third kappa shape index (κ3) is 4.58. The van der Waals surface area contributed by atoms with Gasteiger partial charge in [0.2, 0.25) is 0 Å². The third-order valence-corrected chi connectivity index (χ3v) is 13.3. The van der Waals surface area contributed by atoms with Crippen LogP contribution in [-0.2, 0) is 0 Å². The van der Waals surface area contributed by atoms with Crippen LogP contribution >= 0.6 is 34.0 Å². The van der Waals surface area contributed by atoms with Crippen LogP contribution in [-0.4, -0.2) is 15.0 Å². The van der Waals surface area contributed by atoms with E-state index in [4.69, 9.17) is 15.0 Å². The summed E-state index contributed by atoms with van der Waals surface area (Å²) in [4.78, 5) is 15.5. The molecule has 11 rings (SSSR count). The molecule has 0 aliphatic carbocycles. The number of nitrogens with zero attached hydrogens (tertiary/aromatic N) is 3. The zero-order chi connectivity index (χ0) is 33.5. The van der Waals surface area contributed by atoms with E-state index in [-0.39, 0.29) is 0 Å². The van der Waals surface area contributed by atoms with Crippen molar-refractivity contribution in [2.24, 2.45) is 0 Å². The molecule has 4 heterocycles. The Kier molecular flexibility index (Phi) is 6.46. The standard InChI is InChI=1S/C45H25N3S3/c1-2-11-26(12-3-1)43-46-44(48-45(47-43)33-18-10-22-39-41(33)32-14-5-7-20-36(32)49-39)27-23-24-37-34(25-27)40-29(15-9-21-38(40)50-37)31-17-8-16-30-28-13-4-6-19-35(28)51-42(30)31/h1-25H. The van der Waals surface area contributed by atoms with Crippen molar-refractivity contribution in [2.45, 2.75) is 0 Å². The first-order valence-corrected chi connectivity index (χ1v) is 19.3. The molecular weight excluding hydrogens is 679 g/mol. The molecule has 4 aromatic heterocycles. The van der Waals surface area contributed by atoms with E-state index in [1.54, 1.807) is 11.3 Å². The Hall–Kier alpha value is -5.79. The second kappa shape index (κ2) is 11.4. The monoisotopic (exact) mass is 703 g/mol. The van der Waals surface area contributed by atoms with Crippen LogP contribution in [0.5, 0.6) is 0 Å². The molecule has 238 valence electrons. The molecule has 0 spiro atoms. The maximum Gasteiger partial charge on any atom is 0.164 e. The Balaban J connectivity index is 1.15. The molecule has 0 N–H and O–H groups in total. The van der Waals surface area contributed by atoms with Crippen molar-refractivity contribution in [1.29, 1.82) is 0 Å². The number of benzene rings is 7. The maximum absolute atomic E-state index is 5.24. The molecule has 7 aromatic carbocycles. The molecule has 0 saturated heterocycles. The number of fused-ring (bicyclic) bond motifs is 9. The zero-order valence-corrected chi connectivity index (χ0v) is 29.4. The Morgan fingerprint density at radius 1 is 0.314 bits per heavy atom. The highest BCUT2D eigenvalue weighted by Crippen LogP contribution is 2.46. The molecule has 0 amide bonds. The van der Waals surface area contributed by atoms with E-state index in [0.29, 0.717) is 17.5 Å². The van der Waals surface area contributed by atoms with E-state index in [0.717, 1.165) is 16.7 Å². The highest BCUT2D eigenvalue weighted by Gasteiger charge is 2.19. The fraction of sp³-hybridized carbons (Fsp3) is 0. The predicted octanol–water partition coefficient (Wildman–Crippen LogP) is 13.6. The van der Waals surface area contributed by atoms with Crippen molar-refractivity contribution < 1.29 is 0 Å². The minimum atomic E-state index is 0.666. The summed E-state index contributed by atoms with van der Waals surface area (Å²) in [5.74, 6) is 2.01. The highest BCUT2D eigenvalue weighted by molar-refractivity contribution is 7.27. The van der Waals surface area contributed by atoms with E-state index >= 15 is 0 Å². The predicted molar refractivity (Wildman–Crippen MR) is 220 cm³/mol. The van der Waals surface area contributed by atoms with Crippen LogP contribution in [0.25, 0.3) is 106 Å². The van der Waals surface area contributed by atoms with E-state index in [9.17, 15) is 0 Å². The fourth-order valence-corrected chi connectivity index (χ4v) is 10.9. The van der Waals surface area contributed by atoms with Crippen molar-refractivity contribution in [2.75, 3.05) is 0 Å². The fourth-order valence-electron chi connectivity index (χ4n) is 7.45. The van der Waals surface area contributed by atoms with Gasteiger partial charge in [-0.15, -0.1) is 34.0 Å². The molecule has 0 fully saturated rings. The summed E-state index contributed by atoms with van der Waals surface area (Å²) in [6.45, 7) is 0. The lowest BCUT2D eigenvalue weighted by Gasteiger charge is -2.10. The van der Waals surface area contributed by atoms with Gasteiger partial charge >= 0.3 is 0 Å². The van der Waals surface area contributed by atoms with E-state index in [1.165, 1.54) is 71.6 Å². The van der Waals surface area contributed by atoms with Crippen LogP contribution in [0.2, 0.25) is 0 Å². The molecule has 11 aromatic rings. The summed E-state index contributed by atoms with van der Waals surface area (Å²) in [6.07, 6.45) is 0. The first-order chi connectivity index (χ1) is 25.3. The van der Waals surface area contributed by atoms with Gasteiger partial charge in [-0.1, -0.05) is 109 Å². The topological polar surface area (TPSA) is 38.7 Å². The number of thiophene rings is 3. The normalized spacial score (nSPS) is 11.9. The third-order valence-electron chi connectivity index (χ3n) is 9.76. The van der Waals surface area contributed by atoms with Crippen molar-refractivity contribution in [1.82, 2.24) is 15.0 Å². The van der Waals surface area contributed by atoms with Crippen LogP contribution in [0.4, 0.5) is 0 Å². The van der Waals surface area contributed by atoms with E-state index < -0.39 is 0 Å². The van der Waals surface area contributed by atoms with E-state index in [2.05, 4.69) is 133 Å². The van der Waals surface area contributed by atoms with Gasteiger partial charge in [0.25, 0.3) is 0 Å². The lowest BCUT2D eigenvalue weighted by atomic mass is 9.97. The van der Waals surface area contributed by atoms with Crippen LogP contribution in [0.15, 0.2) is 152 Å². The molecule has 51 heavy (non-hydrogen) atoms. The summed E-state index contributed by atoms with van der Waals surface area (Å²) < 4.78 is 7.65. The Bertz CT molecular complexity index is 3150. The second-order valence-electron chi connectivity index (χ2n) is 12.7. The van der Waals surface area contributed by atoms with Gasteiger partial charge in [0.1, 0.15) is 0 Å². The summed E-state index contributed by atoms with van der Waals surface area (Å²) in [5.41, 5.74) is 5.48. The van der Waals surface area contributed by atoms with Crippen LogP contribution in [0.1, 0.15) is 0 Å². The van der Waals surface area contributed by atoms with E-state index in [1.807, 2.05) is 40.9 Å². The lowest BCUT2D eigenvalue weighted by molar-refractivity contribution is 1.08. The average Bonchev–Trinajstić information content (AvgIpc) is 3.89. The molecule has 6 heteroatoms. The number of hydrogen-bond acceptors (Lipinski definition) is 6. The maximum atomic E-state index is 5.24. The van der Waals surface area contributed by atoms with Gasteiger partial charge < -0.3 is 0 Å². The van der Waals surface area contributed by atoms with Gasteiger partial charge in [-0.3, -0.25) is 0 Å². The molecule has 0 aliphatic rings. The minimum Gasteiger partial charge on any atom is -0.208 e. The molecular formula is C45H25N3S3. The molecule has 0 unspecified atom stereocenters. The lowest BCUT2D eigenvalue weighted by Crippen LogP contribution is -2.00. The molecule has 0 aliphatic heterocycles. The number of hydrogen-bond donors (Lipinski definition) is 0. The number of aromatic nitrogens is 3. The van der Waals surface area contributed by atoms with Gasteiger partial charge in [-0.05, 0) is 48.0 Å². The highest BCUT2D eigenvalue weighted by atomic mass is 32.1. The Morgan fingerprint density at radius 3 is 1.67 bits per heavy atom. The van der Waals surface area contributed by atoms with Crippen LogP contribution in [0.3, 0.4) is 0 Å². The van der Waals surface area contributed by atoms with Crippen molar-refractivity contribution in [3.63, 3.8) is 0 Å². The van der Waals surface area contributed by atoms with Crippen LogP contribution in [0, 0.1) is 0 Å². The summed E-state index contributed by atoms with van der Waals surface area (Å²) in [6, 6.07) is 54.1. The first-order valence-electron chi connectivity index (χ1n) is 16.9. The summed E-state index contributed by atoms with van der Waals surface area (Å²) in [7, 11) is 0. The molecule has 0 saturated carbocycles. The van der Waals surface area contributed by atoms with Gasteiger partial charge in [0.05, 0.1) is 0 Å². The Labute approximate surface area is 304 Å². The summed E-state index contributed by atoms with van der Waals surface area (Å²) >= 11 is 5.52. The van der Waals surface area contributed by atoms with Gasteiger partial charge in [0.15, 0.2) is 17.5 Å². The second-order valence-corrected chi connectivity index (χ2v) is 15.9. The largest absolute Gasteiger partial charge is 0.208 e. The SMILES string of the molecule is c1ccc(-c2nc(-c3ccc4sc5cccc(-c6cccc7c6sc6ccccc67)c5c4c3)nc(-c3cccc4sc5ccccc5c34)n2)cc1. The van der Waals surface area contributed by atoms with Gasteiger partial charge in [-0.25, -0.2) is 15.0 Å². The zero-order valence-electron chi connectivity index (χ0n) is 27.0. The van der Waals surface area contributed by atoms with Crippen LogP contribution < -0.4 is 0 Å². The summed E-state index contributed by atoms with van der Waals surface area (Å²) in [5, 5.41) is 7.53. The first kappa shape index (κ1) is 29.0. The smallest absolute Gasteiger partial charge is 0.164 e. The van der Waals surface area contributed by atoms with Crippen molar-refractivity contribution in [3.05, 3.63) is 152 Å². The van der Waals surface area contributed by atoms with Crippen molar-refractivity contribution >= 4 is 94.5 Å². The minimum absolute atomic E-state index is 0.666. The number of rotatable bonds is 4. The quantitative estimate of drug-likeness (QED) is 0.183. The molecule has 0 radical (unpaired) electrons. The van der Waals surface area contributed by atoms with Gasteiger partial charge in [0, 0.05) is 82.8 Å².